The molecule has 0 amide bonds. The van der Waals surface area contributed by atoms with Crippen molar-refractivity contribution in [3.05, 3.63) is 53.8 Å². The molecule has 0 bridgehead atoms. The summed E-state index contributed by atoms with van der Waals surface area (Å²) in [5.74, 6) is 1.71. The van der Waals surface area contributed by atoms with Gasteiger partial charge in [-0.3, -0.25) is 0 Å². The molecule has 0 saturated carbocycles. The van der Waals surface area contributed by atoms with Gasteiger partial charge in [-0.2, -0.15) is 0 Å². The molecule has 0 aliphatic heterocycles. The van der Waals surface area contributed by atoms with Crippen molar-refractivity contribution in [1.82, 2.24) is 0 Å². The molecule has 0 aliphatic carbocycles. The molecule has 0 radical (unpaired) electrons. The third-order valence-electron chi connectivity index (χ3n) is 2.46. The van der Waals surface area contributed by atoms with Crippen LogP contribution in [0.15, 0.2) is 42.5 Å². The molecule has 2 nitrogen and oxygen atoms in total. The van der Waals surface area contributed by atoms with Gasteiger partial charge >= 0.3 is 0 Å². The number of hydrogen-bond donors (Lipinski definition) is 0. The Kier molecular flexibility index (Phi) is 4.63. The molecule has 0 fully saturated rings. The molecule has 0 heterocycles. The first-order valence-electron chi connectivity index (χ1n) is 5.97. The molecule has 0 saturated heterocycles. The third kappa shape index (κ3) is 3.86. The second-order valence-electron chi connectivity index (χ2n) is 3.94. The van der Waals surface area contributed by atoms with Gasteiger partial charge in [-0.05, 0) is 48.9 Å². The molecule has 0 unspecified atom stereocenters. The summed E-state index contributed by atoms with van der Waals surface area (Å²) in [6.45, 7) is 2.54. The van der Waals surface area contributed by atoms with Crippen molar-refractivity contribution in [1.29, 1.82) is 0 Å². The van der Waals surface area contributed by atoms with Crippen LogP contribution in [0.4, 0.5) is 4.39 Å². The lowest BCUT2D eigenvalue weighted by Crippen LogP contribution is -1.91. The van der Waals surface area contributed by atoms with Crippen molar-refractivity contribution < 1.29 is 13.9 Å². The average Bonchev–Trinajstić information content (AvgIpc) is 2.40. The highest BCUT2D eigenvalue weighted by atomic mass is 35.5. The minimum atomic E-state index is -0.362. The predicted octanol–water partition coefficient (Wildman–Crippen LogP) is 4.76. The first-order chi connectivity index (χ1) is 9.21. The molecular formula is C15H14ClFO2. The summed E-state index contributed by atoms with van der Waals surface area (Å²) in [7, 11) is 0. The number of rotatable bonds is 5. The van der Waals surface area contributed by atoms with Gasteiger partial charge in [0.1, 0.15) is 23.1 Å². The van der Waals surface area contributed by atoms with Crippen molar-refractivity contribution >= 4 is 11.6 Å². The molecule has 0 atom stereocenters. The van der Waals surface area contributed by atoms with E-state index < -0.39 is 0 Å². The molecule has 2 rings (SSSR count). The van der Waals surface area contributed by atoms with E-state index in [0.29, 0.717) is 23.7 Å². The summed E-state index contributed by atoms with van der Waals surface area (Å²) in [6.07, 6.45) is 0. The zero-order valence-electron chi connectivity index (χ0n) is 10.5. The van der Waals surface area contributed by atoms with Crippen LogP contribution in [0.3, 0.4) is 0 Å². The maximum Gasteiger partial charge on any atom is 0.130 e. The Hall–Kier alpha value is -1.74. The Morgan fingerprint density at radius 1 is 1.00 bits per heavy atom. The number of ether oxygens (including phenoxy) is 2. The van der Waals surface area contributed by atoms with Crippen LogP contribution in [0.1, 0.15) is 12.5 Å². The van der Waals surface area contributed by atoms with Gasteiger partial charge in [0, 0.05) is 11.9 Å². The van der Waals surface area contributed by atoms with Crippen LogP contribution in [-0.4, -0.2) is 6.61 Å². The van der Waals surface area contributed by atoms with E-state index in [0.717, 1.165) is 5.75 Å². The normalized spacial score (nSPS) is 10.3. The van der Waals surface area contributed by atoms with Crippen molar-refractivity contribution in [2.45, 2.75) is 12.8 Å². The first kappa shape index (κ1) is 13.7. The maximum absolute atomic E-state index is 13.3. The van der Waals surface area contributed by atoms with E-state index >= 15 is 0 Å². The average molecular weight is 281 g/mol. The standard InChI is InChI=1S/C15H14ClFO2/c1-2-18-13-3-5-14(6-4-13)19-15-8-11(10-16)7-12(17)9-15/h3-9H,2,10H2,1H3. The Balaban J connectivity index is 2.14. The zero-order valence-corrected chi connectivity index (χ0v) is 11.3. The zero-order chi connectivity index (χ0) is 13.7. The van der Waals surface area contributed by atoms with Crippen molar-refractivity contribution in [3.63, 3.8) is 0 Å². The monoisotopic (exact) mass is 280 g/mol. The van der Waals surface area contributed by atoms with Crippen molar-refractivity contribution in [2.75, 3.05) is 6.61 Å². The summed E-state index contributed by atoms with van der Waals surface area (Å²) in [5, 5.41) is 0. The molecule has 19 heavy (non-hydrogen) atoms. The Labute approximate surface area is 116 Å². The van der Waals surface area contributed by atoms with Gasteiger partial charge in [0.05, 0.1) is 6.61 Å². The van der Waals surface area contributed by atoms with Crippen molar-refractivity contribution in [2.24, 2.45) is 0 Å². The van der Waals surface area contributed by atoms with Gasteiger partial charge in [0.2, 0.25) is 0 Å². The van der Waals surface area contributed by atoms with E-state index in [1.165, 1.54) is 12.1 Å². The second-order valence-corrected chi connectivity index (χ2v) is 4.20. The maximum atomic E-state index is 13.3. The minimum Gasteiger partial charge on any atom is -0.494 e. The van der Waals surface area contributed by atoms with Crippen LogP contribution in [0.25, 0.3) is 0 Å². The highest BCUT2D eigenvalue weighted by Crippen LogP contribution is 2.26. The second kappa shape index (κ2) is 6.43. The smallest absolute Gasteiger partial charge is 0.130 e. The molecule has 2 aromatic rings. The molecule has 0 aromatic heterocycles. The number of hydrogen-bond acceptors (Lipinski definition) is 2. The largest absolute Gasteiger partial charge is 0.494 e. The van der Waals surface area contributed by atoms with Crippen LogP contribution >= 0.6 is 11.6 Å². The van der Waals surface area contributed by atoms with E-state index in [9.17, 15) is 4.39 Å². The third-order valence-corrected chi connectivity index (χ3v) is 2.76. The molecule has 2 aromatic carbocycles. The van der Waals surface area contributed by atoms with Gasteiger partial charge < -0.3 is 9.47 Å². The molecule has 0 aliphatic rings. The SMILES string of the molecule is CCOc1ccc(Oc2cc(F)cc(CCl)c2)cc1. The van der Waals surface area contributed by atoms with Crippen LogP contribution in [0, 0.1) is 5.82 Å². The molecule has 0 N–H and O–H groups in total. The summed E-state index contributed by atoms with van der Waals surface area (Å²) < 4.78 is 24.2. The lowest BCUT2D eigenvalue weighted by molar-refractivity contribution is 0.339. The van der Waals surface area contributed by atoms with Crippen LogP contribution in [0.2, 0.25) is 0 Å². The van der Waals surface area contributed by atoms with Gasteiger partial charge in [-0.1, -0.05) is 0 Å². The van der Waals surface area contributed by atoms with Gasteiger partial charge in [-0.15, -0.1) is 11.6 Å². The van der Waals surface area contributed by atoms with Crippen LogP contribution in [0.5, 0.6) is 17.2 Å². The molecule has 4 heteroatoms. The molecular weight excluding hydrogens is 267 g/mol. The quantitative estimate of drug-likeness (QED) is 0.736. The van der Waals surface area contributed by atoms with Gasteiger partial charge in [-0.25, -0.2) is 4.39 Å². The highest BCUT2D eigenvalue weighted by molar-refractivity contribution is 6.17. The number of halogens is 2. The van der Waals surface area contributed by atoms with Gasteiger partial charge in [0.25, 0.3) is 0 Å². The van der Waals surface area contributed by atoms with E-state index in [1.807, 2.05) is 6.92 Å². The summed E-state index contributed by atoms with van der Waals surface area (Å²) >= 11 is 5.69. The fourth-order valence-corrected chi connectivity index (χ4v) is 1.82. The molecule has 0 spiro atoms. The minimum absolute atomic E-state index is 0.247. The number of benzene rings is 2. The lowest BCUT2D eigenvalue weighted by Gasteiger charge is -2.08. The highest BCUT2D eigenvalue weighted by Gasteiger charge is 2.03. The van der Waals surface area contributed by atoms with E-state index in [4.69, 9.17) is 21.1 Å². The Morgan fingerprint density at radius 3 is 2.32 bits per heavy atom. The summed E-state index contributed by atoms with van der Waals surface area (Å²) in [4.78, 5) is 0. The Bertz CT molecular complexity index is 540. The van der Waals surface area contributed by atoms with E-state index in [2.05, 4.69) is 0 Å². The first-order valence-corrected chi connectivity index (χ1v) is 6.51. The summed E-state index contributed by atoms with van der Waals surface area (Å²) in [5.41, 5.74) is 0.683. The molecule has 100 valence electrons. The van der Waals surface area contributed by atoms with Gasteiger partial charge in [0.15, 0.2) is 0 Å². The topological polar surface area (TPSA) is 18.5 Å². The fraction of sp³-hybridized carbons (Fsp3) is 0.200. The Morgan fingerprint density at radius 2 is 1.68 bits per heavy atom. The number of alkyl halides is 1. The van der Waals surface area contributed by atoms with E-state index in [-0.39, 0.29) is 11.7 Å². The van der Waals surface area contributed by atoms with Crippen LogP contribution < -0.4 is 9.47 Å². The fourth-order valence-electron chi connectivity index (χ4n) is 1.66. The van der Waals surface area contributed by atoms with Crippen molar-refractivity contribution in [3.8, 4) is 17.2 Å². The summed E-state index contributed by atoms with van der Waals surface area (Å²) in [6, 6.07) is 11.6. The van der Waals surface area contributed by atoms with Crippen LogP contribution in [-0.2, 0) is 5.88 Å². The predicted molar refractivity (Wildman–Crippen MR) is 73.6 cm³/mol. The lowest BCUT2D eigenvalue weighted by atomic mass is 10.2. The van der Waals surface area contributed by atoms with E-state index in [1.54, 1.807) is 30.3 Å².